The smallest absolute Gasteiger partial charge is 0.163 e. The Hall–Kier alpha value is -2.00. The van der Waals surface area contributed by atoms with E-state index in [1.807, 2.05) is 36.4 Å². The molecule has 0 N–H and O–H groups in total. The normalized spacial score (nSPS) is 12.5. The molecule has 0 radical (unpaired) electrons. The van der Waals surface area contributed by atoms with Gasteiger partial charge in [-0.25, -0.2) is 8.78 Å². The van der Waals surface area contributed by atoms with Gasteiger partial charge in [0, 0.05) is 23.1 Å². The number of rotatable bonds is 3. The van der Waals surface area contributed by atoms with Gasteiger partial charge in [-0.1, -0.05) is 36.4 Å². The van der Waals surface area contributed by atoms with Gasteiger partial charge in [0.15, 0.2) is 11.6 Å². The van der Waals surface area contributed by atoms with Crippen LogP contribution in [-0.4, -0.2) is 4.98 Å². The molecule has 0 fully saturated rings. The number of halogens is 3. The predicted octanol–water partition coefficient (Wildman–Crippen LogP) is 5.04. The van der Waals surface area contributed by atoms with Crippen LogP contribution >= 0.6 is 11.6 Å². The topological polar surface area (TPSA) is 12.9 Å². The van der Waals surface area contributed by atoms with Crippen molar-refractivity contribution in [1.29, 1.82) is 0 Å². The first-order valence-electron chi connectivity index (χ1n) is 6.58. The molecule has 1 aromatic heterocycles. The Balaban J connectivity index is 1.89. The van der Waals surface area contributed by atoms with E-state index in [0.29, 0.717) is 6.42 Å². The lowest BCUT2D eigenvalue weighted by atomic mass is 10.1. The van der Waals surface area contributed by atoms with Gasteiger partial charge in [-0.15, -0.1) is 11.6 Å². The summed E-state index contributed by atoms with van der Waals surface area (Å²) in [6, 6.07) is 15.6. The molecule has 1 atom stereocenters. The van der Waals surface area contributed by atoms with Crippen molar-refractivity contribution in [3.05, 3.63) is 77.5 Å². The molecule has 1 nitrogen and oxygen atoms in total. The Labute approximate surface area is 126 Å². The Kier molecular flexibility index (Phi) is 3.84. The van der Waals surface area contributed by atoms with Crippen LogP contribution in [0.4, 0.5) is 8.78 Å². The molecule has 1 heterocycles. The van der Waals surface area contributed by atoms with Crippen LogP contribution in [0.2, 0.25) is 0 Å². The molecule has 21 heavy (non-hydrogen) atoms. The maximum Gasteiger partial charge on any atom is 0.163 e. The number of nitrogens with zero attached hydrogens (tertiary/aromatic N) is 1. The molecule has 3 aromatic rings. The molecular formula is C17H12ClF2N. The van der Waals surface area contributed by atoms with E-state index >= 15 is 0 Å². The van der Waals surface area contributed by atoms with Crippen molar-refractivity contribution in [2.45, 2.75) is 11.8 Å². The Morgan fingerprint density at radius 1 is 0.952 bits per heavy atom. The number of alkyl halides is 1. The number of para-hydroxylation sites is 1. The van der Waals surface area contributed by atoms with Crippen molar-refractivity contribution in [3.63, 3.8) is 0 Å². The van der Waals surface area contributed by atoms with Crippen LogP contribution in [0.5, 0.6) is 0 Å². The van der Waals surface area contributed by atoms with E-state index in [-0.39, 0.29) is 5.56 Å². The van der Waals surface area contributed by atoms with E-state index in [0.717, 1.165) is 22.7 Å². The fourth-order valence-corrected chi connectivity index (χ4v) is 2.60. The van der Waals surface area contributed by atoms with Gasteiger partial charge in [0.25, 0.3) is 0 Å². The highest BCUT2D eigenvalue weighted by molar-refractivity contribution is 6.20. The van der Waals surface area contributed by atoms with Crippen LogP contribution in [0.3, 0.4) is 0 Å². The second-order valence-corrected chi connectivity index (χ2v) is 5.34. The highest BCUT2D eigenvalue weighted by Gasteiger charge is 2.17. The molecule has 0 aliphatic carbocycles. The van der Waals surface area contributed by atoms with E-state index in [9.17, 15) is 8.78 Å². The minimum Gasteiger partial charge on any atom is -0.253 e. The van der Waals surface area contributed by atoms with Crippen LogP contribution in [0.15, 0.2) is 54.6 Å². The van der Waals surface area contributed by atoms with Crippen molar-refractivity contribution >= 4 is 22.5 Å². The van der Waals surface area contributed by atoms with Crippen molar-refractivity contribution in [3.8, 4) is 0 Å². The van der Waals surface area contributed by atoms with Gasteiger partial charge in [-0.3, -0.25) is 4.98 Å². The minimum absolute atomic E-state index is 0.159. The predicted molar refractivity (Wildman–Crippen MR) is 80.4 cm³/mol. The van der Waals surface area contributed by atoms with Gasteiger partial charge in [-0.2, -0.15) is 0 Å². The zero-order valence-electron chi connectivity index (χ0n) is 11.1. The Morgan fingerprint density at radius 3 is 2.62 bits per heavy atom. The first-order chi connectivity index (χ1) is 10.1. The standard InChI is InChI=1S/C17H12ClF2N/c18-14(13-5-3-6-15(19)17(13)20)10-12-9-8-11-4-1-2-7-16(11)21-12/h1-9,14H,10H2. The molecule has 0 spiro atoms. The third-order valence-corrected chi connectivity index (χ3v) is 3.75. The average molecular weight is 304 g/mol. The van der Waals surface area contributed by atoms with Crippen molar-refractivity contribution in [2.75, 3.05) is 0 Å². The molecule has 4 heteroatoms. The van der Waals surface area contributed by atoms with E-state index in [1.165, 1.54) is 12.1 Å². The Morgan fingerprint density at radius 2 is 1.76 bits per heavy atom. The van der Waals surface area contributed by atoms with Gasteiger partial charge in [0.05, 0.1) is 10.9 Å². The third kappa shape index (κ3) is 2.88. The van der Waals surface area contributed by atoms with Gasteiger partial charge < -0.3 is 0 Å². The summed E-state index contributed by atoms with van der Waals surface area (Å²) in [6.07, 6.45) is 0.340. The van der Waals surface area contributed by atoms with Crippen molar-refractivity contribution in [2.24, 2.45) is 0 Å². The average Bonchev–Trinajstić information content (AvgIpc) is 2.50. The summed E-state index contributed by atoms with van der Waals surface area (Å²) >= 11 is 6.22. The van der Waals surface area contributed by atoms with Crippen LogP contribution in [0, 0.1) is 11.6 Å². The summed E-state index contributed by atoms with van der Waals surface area (Å²) in [5, 5.41) is 0.374. The summed E-state index contributed by atoms with van der Waals surface area (Å²) < 4.78 is 27.0. The minimum atomic E-state index is -0.890. The highest BCUT2D eigenvalue weighted by Crippen LogP contribution is 2.28. The van der Waals surface area contributed by atoms with E-state index < -0.39 is 17.0 Å². The van der Waals surface area contributed by atoms with Crippen molar-refractivity contribution in [1.82, 2.24) is 4.98 Å². The number of pyridine rings is 1. The van der Waals surface area contributed by atoms with Crippen LogP contribution < -0.4 is 0 Å². The molecule has 0 bridgehead atoms. The van der Waals surface area contributed by atoms with Gasteiger partial charge in [-0.05, 0) is 18.2 Å². The molecule has 0 aliphatic heterocycles. The first kappa shape index (κ1) is 14.0. The zero-order chi connectivity index (χ0) is 14.8. The lowest BCUT2D eigenvalue weighted by Gasteiger charge is -2.11. The number of hydrogen-bond acceptors (Lipinski definition) is 1. The van der Waals surface area contributed by atoms with Crippen LogP contribution in [0.25, 0.3) is 10.9 Å². The van der Waals surface area contributed by atoms with Gasteiger partial charge in [0.2, 0.25) is 0 Å². The monoisotopic (exact) mass is 303 g/mol. The largest absolute Gasteiger partial charge is 0.253 e. The molecule has 0 amide bonds. The second kappa shape index (κ2) is 5.78. The molecule has 0 saturated carbocycles. The Bertz CT molecular complexity index is 789. The van der Waals surface area contributed by atoms with Crippen molar-refractivity contribution < 1.29 is 8.78 Å². The molecule has 3 rings (SSSR count). The number of hydrogen-bond donors (Lipinski definition) is 0. The van der Waals surface area contributed by atoms with Crippen LogP contribution in [0.1, 0.15) is 16.6 Å². The number of benzene rings is 2. The zero-order valence-corrected chi connectivity index (χ0v) is 11.8. The van der Waals surface area contributed by atoms with Gasteiger partial charge >= 0.3 is 0 Å². The fourth-order valence-electron chi connectivity index (χ4n) is 2.28. The molecule has 1 unspecified atom stereocenters. The maximum atomic E-state index is 13.7. The lowest BCUT2D eigenvalue weighted by molar-refractivity contribution is 0.497. The SMILES string of the molecule is Fc1cccc(C(Cl)Cc2ccc3ccccc3n2)c1F. The first-order valence-corrected chi connectivity index (χ1v) is 7.01. The molecule has 106 valence electrons. The highest BCUT2D eigenvalue weighted by atomic mass is 35.5. The maximum absolute atomic E-state index is 13.7. The lowest BCUT2D eigenvalue weighted by Crippen LogP contribution is -2.02. The summed E-state index contributed by atoms with van der Waals surface area (Å²) in [5.41, 5.74) is 1.77. The third-order valence-electron chi connectivity index (χ3n) is 3.36. The van der Waals surface area contributed by atoms with E-state index in [2.05, 4.69) is 4.98 Å². The number of fused-ring (bicyclic) bond motifs is 1. The van der Waals surface area contributed by atoms with E-state index in [4.69, 9.17) is 11.6 Å². The molecular weight excluding hydrogens is 292 g/mol. The molecule has 0 saturated heterocycles. The van der Waals surface area contributed by atoms with Crippen LogP contribution in [-0.2, 0) is 6.42 Å². The quantitative estimate of drug-likeness (QED) is 0.618. The molecule has 0 aliphatic rings. The number of aromatic nitrogens is 1. The summed E-state index contributed by atoms with van der Waals surface area (Å²) in [5.74, 6) is -1.78. The molecule has 2 aromatic carbocycles. The second-order valence-electron chi connectivity index (χ2n) is 4.81. The fraction of sp³-hybridized carbons (Fsp3) is 0.118. The summed E-state index contributed by atoms with van der Waals surface area (Å²) in [6.45, 7) is 0. The summed E-state index contributed by atoms with van der Waals surface area (Å²) in [7, 11) is 0. The van der Waals surface area contributed by atoms with E-state index in [1.54, 1.807) is 0 Å². The van der Waals surface area contributed by atoms with Gasteiger partial charge in [0.1, 0.15) is 0 Å². The summed E-state index contributed by atoms with van der Waals surface area (Å²) in [4.78, 5) is 4.49.